The highest BCUT2D eigenvalue weighted by Crippen LogP contribution is 2.42. The molecule has 2 heterocycles. The van der Waals surface area contributed by atoms with Crippen LogP contribution in [0.3, 0.4) is 0 Å². The highest BCUT2D eigenvalue weighted by molar-refractivity contribution is 7.89. The topological polar surface area (TPSA) is 98.9 Å². The van der Waals surface area contributed by atoms with Gasteiger partial charge in [0.1, 0.15) is 0 Å². The Balaban J connectivity index is 1.91. The first-order valence-electron chi connectivity index (χ1n) is 8.18. The summed E-state index contributed by atoms with van der Waals surface area (Å²) >= 11 is 0. The molecule has 7 nitrogen and oxygen atoms in total. The fourth-order valence-electron chi connectivity index (χ4n) is 3.91. The van der Waals surface area contributed by atoms with Crippen molar-refractivity contribution in [3.8, 4) is 0 Å². The van der Waals surface area contributed by atoms with E-state index in [2.05, 4.69) is 0 Å². The molecule has 2 saturated heterocycles. The number of hydrogen-bond acceptors (Lipinski definition) is 5. The number of ether oxygens (including phenoxy) is 2. The molecule has 2 N–H and O–H groups in total. The number of fused-ring (bicyclic) bond motifs is 1. The average molecular weight is 368 g/mol. The first-order valence-corrected chi connectivity index (χ1v) is 9.72. The molecular weight excluding hydrogens is 344 g/mol. The van der Waals surface area contributed by atoms with E-state index in [0.717, 1.165) is 5.56 Å². The Kier molecular flexibility index (Phi) is 4.65. The Hall–Kier alpha value is -1.48. The summed E-state index contributed by atoms with van der Waals surface area (Å²) in [6.07, 6.45) is 0. The molecule has 138 valence electrons. The van der Waals surface area contributed by atoms with Crippen LogP contribution in [0.15, 0.2) is 17.0 Å². The van der Waals surface area contributed by atoms with Crippen molar-refractivity contribution >= 4 is 15.9 Å². The second-order valence-corrected chi connectivity index (χ2v) is 8.68. The maximum absolute atomic E-state index is 13.0. The zero-order valence-corrected chi connectivity index (χ0v) is 15.6. The Morgan fingerprint density at radius 3 is 2.80 bits per heavy atom. The van der Waals surface area contributed by atoms with E-state index in [1.165, 1.54) is 6.07 Å². The van der Waals surface area contributed by atoms with E-state index in [9.17, 15) is 13.2 Å². The summed E-state index contributed by atoms with van der Waals surface area (Å²) < 4.78 is 34.6. The molecule has 1 aromatic carbocycles. The predicted octanol–water partition coefficient (Wildman–Crippen LogP) is 0.686. The number of hydrogen-bond donors (Lipinski definition) is 1. The van der Waals surface area contributed by atoms with Crippen LogP contribution in [0.4, 0.5) is 0 Å². The lowest BCUT2D eigenvalue weighted by Crippen LogP contribution is -2.37. The van der Waals surface area contributed by atoms with Gasteiger partial charge in [0, 0.05) is 37.1 Å². The number of carbonyl (C=O) groups excluding carboxylic acids is 1. The van der Waals surface area contributed by atoms with Crippen molar-refractivity contribution in [2.75, 3.05) is 40.0 Å². The molecule has 0 aromatic heterocycles. The fourth-order valence-corrected chi connectivity index (χ4v) is 4.79. The zero-order chi connectivity index (χ0) is 18.4. The molecule has 0 saturated carbocycles. The lowest BCUT2D eigenvalue weighted by Gasteiger charge is -2.26. The van der Waals surface area contributed by atoms with Crippen LogP contribution in [0.5, 0.6) is 0 Å². The number of nitrogens with two attached hydrogens (primary N) is 1. The first kappa shape index (κ1) is 18.3. The van der Waals surface area contributed by atoms with Gasteiger partial charge < -0.3 is 14.4 Å². The minimum atomic E-state index is -3.88. The standard InChI is InChI=1S/C17H24N2O5S/c1-11-4-13(5-15(12(11)2)25(18,21)22)16(20)19-6-14-7-24-10-17(14,8-19)9-23-3/h4-5,14H,6-10H2,1-3H3,(H2,18,21,22)/t14-,17-/m0/s1. The quantitative estimate of drug-likeness (QED) is 0.843. The van der Waals surface area contributed by atoms with Gasteiger partial charge in [-0.05, 0) is 37.1 Å². The van der Waals surface area contributed by atoms with Gasteiger partial charge in [-0.15, -0.1) is 0 Å². The zero-order valence-electron chi connectivity index (χ0n) is 14.7. The molecule has 0 bridgehead atoms. The van der Waals surface area contributed by atoms with Crippen molar-refractivity contribution in [1.29, 1.82) is 0 Å². The third-order valence-electron chi connectivity index (χ3n) is 5.41. The van der Waals surface area contributed by atoms with Gasteiger partial charge in [0.2, 0.25) is 10.0 Å². The van der Waals surface area contributed by atoms with Gasteiger partial charge in [0.05, 0.1) is 24.7 Å². The average Bonchev–Trinajstić information content (AvgIpc) is 3.05. The highest BCUT2D eigenvalue weighted by atomic mass is 32.2. The van der Waals surface area contributed by atoms with Gasteiger partial charge in [-0.25, -0.2) is 13.6 Å². The third kappa shape index (κ3) is 3.19. The van der Waals surface area contributed by atoms with Gasteiger partial charge in [-0.2, -0.15) is 0 Å². The van der Waals surface area contributed by atoms with Crippen molar-refractivity contribution < 1.29 is 22.7 Å². The highest BCUT2D eigenvalue weighted by Gasteiger charge is 2.52. The lowest BCUT2D eigenvalue weighted by molar-refractivity contribution is 0.0489. The van der Waals surface area contributed by atoms with E-state index in [1.807, 2.05) is 0 Å². The summed E-state index contributed by atoms with van der Waals surface area (Å²) in [5, 5.41) is 5.30. The van der Waals surface area contributed by atoms with Crippen LogP contribution >= 0.6 is 0 Å². The largest absolute Gasteiger partial charge is 0.384 e. The Morgan fingerprint density at radius 1 is 1.44 bits per heavy atom. The number of nitrogens with zero attached hydrogens (tertiary/aromatic N) is 1. The maximum Gasteiger partial charge on any atom is 0.253 e. The van der Waals surface area contributed by atoms with Crippen molar-refractivity contribution in [3.05, 3.63) is 28.8 Å². The maximum atomic E-state index is 13.0. The molecule has 3 rings (SSSR count). The van der Waals surface area contributed by atoms with Gasteiger partial charge in [0.15, 0.2) is 0 Å². The van der Waals surface area contributed by atoms with Crippen molar-refractivity contribution in [2.24, 2.45) is 16.5 Å². The molecule has 2 aliphatic rings. The molecule has 0 spiro atoms. The molecule has 0 unspecified atom stereocenters. The van der Waals surface area contributed by atoms with Gasteiger partial charge in [0.25, 0.3) is 5.91 Å². The molecule has 0 radical (unpaired) electrons. The number of methoxy groups -OCH3 is 1. The van der Waals surface area contributed by atoms with E-state index in [4.69, 9.17) is 14.6 Å². The van der Waals surface area contributed by atoms with E-state index >= 15 is 0 Å². The molecule has 2 fully saturated rings. The molecule has 1 aromatic rings. The Morgan fingerprint density at radius 2 is 2.16 bits per heavy atom. The molecular formula is C17H24N2O5S. The second kappa shape index (κ2) is 6.35. The summed E-state index contributed by atoms with van der Waals surface area (Å²) in [6.45, 7) is 6.32. The van der Waals surface area contributed by atoms with Crippen LogP contribution in [0.2, 0.25) is 0 Å². The van der Waals surface area contributed by atoms with Gasteiger partial charge in [-0.3, -0.25) is 4.79 Å². The van der Waals surface area contributed by atoms with Crippen molar-refractivity contribution in [1.82, 2.24) is 4.90 Å². The first-order chi connectivity index (χ1) is 11.7. The number of rotatable bonds is 4. The van der Waals surface area contributed by atoms with E-state index in [-0.39, 0.29) is 22.1 Å². The Labute approximate surface area is 148 Å². The van der Waals surface area contributed by atoms with Crippen LogP contribution in [-0.2, 0) is 19.5 Å². The molecule has 1 amide bonds. The summed E-state index contributed by atoms with van der Waals surface area (Å²) in [6, 6.07) is 3.10. The second-order valence-electron chi connectivity index (χ2n) is 7.15. The summed E-state index contributed by atoms with van der Waals surface area (Å²) in [7, 11) is -2.23. The van der Waals surface area contributed by atoms with Gasteiger partial charge >= 0.3 is 0 Å². The SMILES string of the molecule is COC[C@@]12COC[C@@H]1CN(C(=O)c1cc(C)c(C)c(S(N)(=O)=O)c1)C2. The van der Waals surface area contributed by atoms with Crippen LogP contribution < -0.4 is 5.14 Å². The normalized spacial score (nSPS) is 26.1. The van der Waals surface area contributed by atoms with E-state index < -0.39 is 10.0 Å². The number of carbonyl (C=O) groups is 1. The predicted molar refractivity (Wildman–Crippen MR) is 91.8 cm³/mol. The minimum Gasteiger partial charge on any atom is -0.384 e. The summed E-state index contributed by atoms with van der Waals surface area (Å²) in [5.74, 6) is 0.0542. The van der Waals surface area contributed by atoms with Crippen molar-refractivity contribution in [3.63, 3.8) is 0 Å². The van der Waals surface area contributed by atoms with Crippen LogP contribution in [0.25, 0.3) is 0 Å². The van der Waals surface area contributed by atoms with Crippen LogP contribution in [-0.4, -0.2) is 59.2 Å². The fraction of sp³-hybridized carbons (Fsp3) is 0.588. The molecule has 2 aliphatic heterocycles. The molecule has 8 heteroatoms. The molecule has 25 heavy (non-hydrogen) atoms. The van der Waals surface area contributed by atoms with E-state index in [1.54, 1.807) is 31.9 Å². The van der Waals surface area contributed by atoms with Crippen molar-refractivity contribution in [2.45, 2.75) is 18.7 Å². The number of likely N-dealkylation sites (tertiary alicyclic amines) is 1. The summed E-state index contributed by atoms with van der Waals surface area (Å²) in [4.78, 5) is 14.7. The number of amides is 1. The van der Waals surface area contributed by atoms with Crippen LogP contribution in [0, 0.1) is 25.2 Å². The number of primary sulfonamides is 1. The molecule has 2 atom stereocenters. The number of aryl methyl sites for hydroxylation is 1. The van der Waals surface area contributed by atoms with Gasteiger partial charge in [-0.1, -0.05) is 0 Å². The number of sulfonamides is 1. The van der Waals surface area contributed by atoms with E-state index in [0.29, 0.717) is 44.0 Å². The Bertz CT molecular complexity index is 808. The summed E-state index contributed by atoms with van der Waals surface area (Å²) in [5.41, 5.74) is 1.47. The number of benzene rings is 1. The monoisotopic (exact) mass is 368 g/mol. The minimum absolute atomic E-state index is 0.00480. The lowest BCUT2D eigenvalue weighted by atomic mass is 9.82. The molecule has 0 aliphatic carbocycles. The third-order valence-corrected chi connectivity index (χ3v) is 6.45. The smallest absolute Gasteiger partial charge is 0.253 e. The van der Waals surface area contributed by atoms with Crippen LogP contribution in [0.1, 0.15) is 21.5 Å².